The molecule has 2 aliphatic rings. The van der Waals surface area contributed by atoms with Gasteiger partial charge in [-0.25, -0.2) is 4.79 Å². The molecular formula is C16H21NO3. The van der Waals surface area contributed by atoms with Crippen LogP contribution in [0.4, 0.5) is 0 Å². The summed E-state index contributed by atoms with van der Waals surface area (Å²) in [6.45, 7) is 0. The SMILES string of the molecule is CN1[C@H]2CC[C@H]1CC(OC(=O)C(O)c1ccccc1)C2. The first-order valence-corrected chi connectivity index (χ1v) is 7.30. The van der Waals surface area contributed by atoms with Crippen molar-refractivity contribution in [1.82, 2.24) is 4.90 Å². The Bertz CT molecular complexity index is 462. The lowest BCUT2D eigenvalue weighted by atomic mass is 10.0. The zero-order chi connectivity index (χ0) is 14.1. The fourth-order valence-electron chi connectivity index (χ4n) is 3.46. The molecule has 1 unspecified atom stereocenters. The van der Waals surface area contributed by atoms with E-state index in [4.69, 9.17) is 4.74 Å². The van der Waals surface area contributed by atoms with Crippen molar-refractivity contribution in [2.45, 2.75) is 50.0 Å². The number of rotatable bonds is 3. The Hall–Kier alpha value is -1.39. The van der Waals surface area contributed by atoms with Crippen LogP contribution in [-0.4, -0.2) is 41.2 Å². The first-order chi connectivity index (χ1) is 9.65. The summed E-state index contributed by atoms with van der Waals surface area (Å²) in [6, 6.07) is 10.0. The number of aliphatic hydroxyl groups excluding tert-OH is 1. The molecule has 4 heteroatoms. The number of nitrogens with zero attached hydrogens (tertiary/aromatic N) is 1. The maximum atomic E-state index is 12.0. The van der Waals surface area contributed by atoms with Gasteiger partial charge in [-0.3, -0.25) is 0 Å². The van der Waals surface area contributed by atoms with Gasteiger partial charge in [0.25, 0.3) is 0 Å². The molecule has 0 radical (unpaired) electrons. The predicted molar refractivity (Wildman–Crippen MR) is 75.1 cm³/mol. The van der Waals surface area contributed by atoms with Crippen LogP contribution in [0.15, 0.2) is 30.3 Å². The molecule has 2 saturated heterocycles. The van der Waals surface area contributed by atoms with E-state index in [1.807, 2.05) is 18.2 Å². The first kappa shape index (κ1) is 13.6. The topological polar surface area (TPSA) is 49.8 Å². The van der Waals surface area contributed by atoms with Crippen LogP contribution in [0.1, 0.15) is 37.4 Å². The summed E-state index contributed by atoms with van der Waals surface area (Å²) in [4.78, 5) is 14.4. The molecule has 3 atom stereocenters. The Morgan fingerprint density at radius 3 is 2.45 bits per heavy atom. The number of carbonyl (C=O) groups is 1. The first-order valence-electron chi connectivity index (χ1n) is 7.30. The van der Waals surface area contributed by atoms with Crippen LogP contribution in [0.3, 0.4) is 0 Å². The van der Waals surface area contributed by atoms with Crippen molar-refractivity contribution < 1.29 is 14.6 Å². The van der Waals surface area contributed by atoms with Gasteiger partial charge in [-0.05, 0) is 38.3 Å². The predicted octanol–water partition coefficient (Wildman–Crippen LogP) is 1.89. The van der Waals surface area contributed by atoms with Gasteiger partial charge in [0.05, 0.1) is 0 Å². The van der Waals surface area contributed by atoms with Crippen molar-refractivity contribution in [3.05, 3.63) is 35.9 Å². The number of esters is 1. The van der Waals surface area contributed by atoms with Crippen molar-refractivity contribution in [2.75, 3.05) is 7.05 Å². The standard InChI is InChI=1S/C16H21NO3/c1-17-12-7-8-13(17)10-14(9-12)20-16(19)15(18)11-5-3-2-4-6-11/h2-6,12-15,18H,7-10H2,1H3/t12-,13-,15?/m0/s1. The smallest absolute Gasteiger partial charge is 0.339 e. The van der Waals surface area contributed by atoms with Gasteiger partial charge in [0, 0.05) is 12.1 Å². The van der Waals surface area contributed by atoms with Crippen molar-refractivity contribution in [3.8, 4) is 0 Å². The van der Waals surface area contributed by atoms with Gasteiger partial charge < -0.3 is 14.7 Å². The van der Waals surface area contributed by atoms with E-state index in [9.17, 15) is 9.90 Å². The number of aliphatic hydroxyl groups is 1. The van der Waals surface area contributed by atoms with E-state index in [-0.39, 0.29) is 6.10 Å². The second kappa shape index (κ2) is 5.54. The molecule has 2 aliphatic heterocycles. The second-order valence-electron chi connectivity index (χ2n) is 5.89. The number of hydrogen-bond donors (Lipinski definition) is 1. The molecule has 2 fully saturated rings. The lowest BCUT2D eigenvalue weighted by Crippen LogP contribution is -2.43. The molecule has 1 N–H and O–H groups in total. The van der Waals surface area contributed by atoms with Crippen LogP contribution < -0.4 is 0 Å². The molecule has 0 amide bonds. The Labute approximate surface area is 119 Å². The highest BCUT2D eigenvalue weighted by Crippen LogP contribution is 2.35. The van der Waals surface area contributed by atoms with Crippen molar-refractivity contribution >= 4 is 5.97 Å². The number of piperidine rings is 1. The summed E-state index contributed by atoms with van der Waals surface area (Å²) in [7, 11) is 2.15. The summed E-state index contributed by atoms with van der Waals surface area (Å²) in [5, 5.41) is 10.0. The third-order valence-electron chi connectivity index (χ3n) is 4.68. The summed E-state index contributed by atoms with van der Waals surface area (Å²) < 4.78 is 5.52. The van der Waals surface area contributed by atoms with E-state index in [0.29, 0.717) is 17.6 Å². The fourth-order valence-corrected chi connectivity index (χ4v) is 3.46. The number of benzene rings is 1. The molecule has 2 heterocycles. The zero-order valence-corrected chi connectivity index (χ0v) is 11.7. The number of carbonyl (C=O) groups excluding carboxylic acids is 1. The van der Waals surface area contributed by atoms with E-state index < -0.39 is 12.1 Å². The zero-order valence-electron chi connectivity index (χ0n) is 11.7. The molecule has 3 rings (SSSR count). The van der Waals surface area contributed by atoms with E-state index in [0.717, 1.165) is 12.8 Å². The monoisotopic (exact) mass is 275 g/mol. The third-order valence-corrected chi connectivity index (χ3v) is 4.68. The van der Waals surface area contributed by atoms with Gasteiger partial charge in [-0.15, -0.1) is 0 Å². The summed E-state index contributed by atoms with van der Waals surface area (Å²) in [5.41, 5.74) is 0.591. The van der Waals surface area contributed by atoms with Gasteiger partial charge in [-0.1, -0.05) is 30.3 Å². The molecule has 2 bridgehead atoms. The molecule has 0 spiro atoms. The van der Waals surface area contributed by atoms with Crippen molar-refractivity contribution in [2.24, 2.45) is 0 Å². The minimum Gasteiger partial charge on any atom is -0.460 e. The number of hydrogen-bond acceptors (Lipinski definition) is 4. The average molecular weight is 275 g/mol. The molecule has 1 aromatic rings. The minimum atomic E-state index is -1.17. The average Bonchev–Trinajstić information content (AvgIpc) is 2.69. The van der Waals surface area contributed by atoms with Crippen LogP contribution >= 0.6 is 0 Å². The van der Waals surface area contributed by atoms with Gasteiger partial charge in [0.15, 0.2) is 6.10 Å². The molecule has 20 heavy (non-hydrogen) atoms. The Kier molecular flexibility index (Phi) is 3.76. The van der Waals surface area contributed by atoms with Crippen LogP contribution in [0, 0.1) is 0 Å². The molecule has 1 aromatic carbocycles. The van der Waals surface area contributed by atoms with Crippen molar-refractivity contribution in [1.29, 1.82) is 0 Å². The normalized spacial score (nSPS) is 31.0. The lowest BCUT2D eigenvalue weighted by molar-refractivity contribution is -0.162. The quantitative estimate of drug-likeness (QED) is 0.856. The minimum absolute atomic E-state index is 0.0467. The Morgan fingerprint density at radius 1 is 1.25 bits per heavy atom. The highest BCUT2D eigenvalue weighted by molar-refractivity contribution is 5.76. The van der Waals surface area contributed by atoms with E-state index in [1.165, 1.54) is 12.8 Å². The summed E-state index contributed by atoms with van der Waals surface area (Å²) >= 11 is 0. The third kappa shape index (κ3) is 2.58. The molecule has 4 nitrogen and oxygen atoms in total. The van der Waals surface area contributed by atoms with Crippen molar-refractivity contribution in [3.63, 3.8) is 0 Å². The molecule has 108 valence electrons. The van der Waals surface area contributed by atoms with Gasteiger partial charge in [0.2, 0.25) is 0 Å². The van der Waals surface area contributed by atoms with Gasteiger partial charge in [0.1, 0.15) is 6.10 Å². The van der Waals surface area contributed by atoms with Gasteiger partial charge in [-0.2, -0.15) is 0 Å². The largest absolute Gasteiger partial charge is 0.460 e. The van der Waals surface area contributed by atoms with Gasteiger partial charge >= 0.3 is 5.97 Å². The van der Waals surface area contributed by atoms with E-state index in [1.54, 1.807) is 12.1 Å². The van der Waals surface area contributed by atoms with Crippen LogP contribution in [-0.2, 0) is 9.53 Å². The molecule has 0 aliphatic carbocycles. The second-order valence-corrected chi connectivity index (χ2v) is 5.89. The lowest BCUT2D eigenvalue weighted by Gasteiger charge is -2.36. The molecule has 0 aromatic heterocycles. The fraction of sp³-hybridized carbons (Fsp3) is 0.562. The van der Waals surface area contributed by atoms with E-state index >= 15 is 0 Å². The molecular weight excluding hydrogens is 254 g/mol. The Morgan fingerprint density at radius 2 is 1.85 bits per heavy atom. The maximum Gasteiger partial charge on any atom is 0.339 e. The summed E-state index contributed by atoms with van der Waals surface area (Å²) in [5.74, 6) is -0.523. The Balaban J connectivity index is 1.60. The molecule has 0 saturated carbocycles. The number of fused-ring (bicyclic) bond motifs is 2. The highest BCUT2D eigenvalue weighted by atomic mass is 16.6. The number of ether oxygens (including phenoxy) is 1. The summed E-state index contributed by atoms with van der Waals surface area (Å²) in [6.07, 6.45) is 2.94. The van der Waals surface area contributed by atoms with Crippen LogP contribution in [0.25, 0.3) is 0 Å². The van der Waals surface area contributed by atoms with Crippen LogP contribution in [0.5, 0.6) is 0 Å². The van der Waals surface area contributed by atoms with E-state index in [2.05, 4.69) is 11.9 Å². The van der Waals surface area contributed by atoms with Crippen LogP contribution in [0.2, 0.25) is 0 Å². The maximum absolute atomic E-state index is 12.0. The highest BCUT2D eigenvalue weighted by Gasteiger charge is 2.40.